The first-order valence-electron chi connectivity index (χ1n) is 12.0. The molecule has 1 fully saturated rings. The van der Waals surface area contributed by atoms with E-state index in [0.29, 0.717) is 48.8 Å². The third-order valence-electron chi connectivity index (χ3n) is 6.30. The highest BCUT2D eigenvalue weighted by Crippen LogP contribution is 2.28. The molecule has 0 aliphatic carbocycles. The smallest absolute Gasteiger partial charge is 0.259 e. The number of para-hydroxylation sites is 1. The number of ether oxygens (including phenoxy) is 1. The van der Waals surface area contributed by atoms with E-state index in [2.05, 4.69) is 11.4 Å². The molecule has 0 radical (unpaired) electrons. The fourth-order valence-electron chi connectivity index (χ4n) is 4.37. The summed E-state index contributed by atoms with van der Waals surface area (Å²) in [6, 6.07) is 22.8. The SMILES string of the molecule is Cc1ccc(-c2nn(-c3ccccc3)cc2C(=O)Nc2ccc(C(=O)N3CCOCC3)cc2)c(C)c1. The first-order chi connectivity index (χ1) is 17.5. The predicted molar refractivity (Wildman–Crippen MR) is 140 cm³/mol. The van der Waals surface area contributed by atoms with Crippen molar-refractivity contribution in [3.05, 3.63) is 101 Å². The lowest BCUT2D eigenvalue weighted by Crippen LogP contribution is -2.40. The highest BCUT2D eigenvalue weighted by atomic mass is 16.5. The Kier molecular flexibility index (Phi) is 6.64. The number of morpholine rings is 1. The molecule has 2 heterocycles. The second-order valence-corrected chi connectivity index (χ2v) is 8.93. The third-order valence-corrected chi connectivity index (χ3v) is 6.30. The van der Waals surface area contributed by atoms with Crippen molar-refractivity contribution < 1.29 is 14.3 Å². The van der Waals surface area contributed by atoms with Crippen molar-refractivity contribution in [2.45, 2.75) is 13.8 Å². The van der Waals surface area contributed by atoms with Crippen molar-refractivity contribution >= 4 is 17.5 Å². The third kappa shape index (κ3) is 4.92. The number of carbonyl (C=O) groups is 2. The molecule has 1 N–H and O–H groups in total. The summed E-state index contributed by atoms with van der Waals surface area (Å²) < 4.78 is 7.06. The van der Waals surface area contributed by atoms with E-state index < -0.39 is 0 Å². The van der Waals surface area contributed by atoms with Crippen LogP contribution in [0.1, 0.15) is 31.8 Å². The molecule has 1 aromatic heterocycles. The van der Waals surface area contributed by atoms with Crippen LogP contribution in [0.3, 0.4) is 0 Å². The maximum atomic E-state index is 13.4. The molecule has 1 aliphatic rings. The average Bonchev–Trinajstić information content (AvgIpc) is 3.35. The van der Waals surface area contributed by atoms with Gasteiger partial charge in [0.1, 0.15) is 5.69 Å². The fourth-order valence-corrected chi connectivity index (χ4v) is 4.37. The van der Waals surface area contributed by atoms with Crippen LogP contribution in [0.4, 0.5) is 5.69 Å². The minimum Gasteiger partial charge on any atom is -0.378 e. The van der Waals surface area contributed by atoms with Gasteiger partial charge in [0, 0.05) is 36.1 Å². The summed E-state index contributed by atoms with van der Waals surface area (Å²) in [5.41, 5.74) is 6.26. The second-order valence-electron chi connectivity index (χ2n) is 8.93. The number of rotatable bonds is 5. The second kappa shape index (κ2) is 10.2. The molecule has 1 aliphatic heterocycles. The molecule has 0 saturated carbocycles. The van der Waals surface area contributed by atoms with Gasteiger partial charge >= 0.3 is 0 Å². The van der Waals surface area contributed by atoms with Gasteiger partial charge in [-0.3, -0.25) is 9.59 Å². The fraction of sp³-hybridized carbons (Fsp3) is 0.207. The number of aromatic nitrogens is 2. The summed E-state index contributed by atoms with van der Waals surface area (Å²) in [6.45, 7) is 6.35. The first kappa shape index (κ1) is 23.5. The van der Waals surface area contributed by atoms with Gasteiger partial charge in [-0.25, -0.2) is 4.68 Å². The van der Waals surface area contributed by atoms with Crippen LogP contribution in [0.2, 0.25) is 0 Å². The molecular formula is C29H28N4O3. The van der Waals surface area contributed by atoms with Crippen LogP contribution >= 0.6 is 0 Å². The topological polar surface area (TPSA) is 76.5 Å². The summed E-state index contributed by atoms with van der Waals surface area (Å²) in [5.74, 6) is -0.295. The molecule has 1 saturated heterocycles. The van der Waals surface area contributed by atoms with Crippen LogP contribution in [0.25, 0.3) is 16.9 Å². The lowest BCUT2D eigenvalue weighted by molar-refractivity contribution is 0.0303. The molecule has 182 valence electrons. The zero-order chi connectivity index (χ0) is 25.1. The van der Waals surface area contributed by atoms with Crippen LogP contribution in [0.5, 0.6) is 0 Å². The van der Waals surface area contributed by atoms with Gasteiger partial charge in [0.25, 0.3) is 11.8 Å². The van der Waals surface area contributed by atoms with Gasteiger partial charge < -0.3 is 15.0 Å². The molecule has 4 aromatic rings. The lowest BCUT2D eigenvalue weighted by atomic mass is 10.0. The van der Waals surface area contributed by atoms with Gasteiger partial charge in [-0.2, -0.15) is 5.10 Å². The number of nitrogens with zero attached hydrogens (tertiary/aromatic N) is 3. The summed E-state index contributed by atoms with van der Waals surface area (Å²) in [4.78, 5) is 27.9. The number of benzene rings is 3. The van der Waals surface area contributed by atoms with Crippen molar-refractivity contribution in [3.63, 3.8) is 0 Å². The van der Waals surface area contributed by atoms with Gasteiger partial charge in [-0.15, -0.1) is 0 Å². The van der Waals surface area contributed by atoms with E-state index in [1.54, 1.807) is 40.0 Å². The highest BCUT2D eigenvalue weighted by molar-refractivity contribution is 6.08. The molecule has 0 unspecified atom stereocenters. The zero-order valence-electron chi connectivity index (χ0n) is 20.4. The van der Waals surface area contributed by atoms with Gasteiger partial charge in [0.15, 0.2) is 0 Å². The number of carbonyl (C=O) groups excluding carboxylic acids is 2. The van der Waals surface area contributed by atoms with E-state index in [4.69, 9.17) is 9.84 Å². The Balaban J connectivity index is 1.42. The summed E-state index contributed by atoms with van der Waals surface area (Å²) in [6.07, 6.45) is 1.76. The van der Waals surface area contributed by atoms with Crippen molar-refractivity contribution in [1.82, 2.24) is 14.7 Å². The Morgan fingerprint density at radius 1 is 0.917 bits per heavy atom. The van der Waals surface area contributed by atoms with Gasteiger partial charge in [-0.05, 0) is 55.8 Å². The van der Waals surface area contributed by atoms with Crippen LogP contribution in [-0.4, -0.2) is 52.8 Å². The minimum atomic E-state index is -0.264. The van der Waals surface area contributed by atoms with E-state index >= 15 is 0 Å². The Hall–Kier alpha value is -4.23. The number of anilines is 1. The summed E-state index contributed by atoms with van der Waals surface area (Å²) in [5, 5.41) is 7.76. The normalized spacial score (nSPS) is 13.4. The minimum absolute atomic E-state index is 0.0301. The van der Waals surface area contributed by atoms with Crippen LogP contribution in [0.15, 0.2) is 79.0 Å². The van der Waals surface area contributed by atoms with Crippen molar-refractivity contribution in [3.8, 4) is 16.9 Å². The molecule has 3 aromatic carbocycles. The average molecular weight is 481 g/mol. The molecule has 0 atom stereocenters. The van der Waals surface area contributed by atoms with E-state index in [9.17, 15) is 9.59 Å². The van der Waals surface area contributed by atoms with Crippen LogP contribution in [-0.2, 0) is 4.74 Å². The van der Waals surface area contributed by atoms with E-state index in [0.717, 1.165) is 22.4 Å². The van der Waals surface area contributed by atoms with E-state index in [1.807, 2.05) is 56.3 Å². The standard InChI is InChI=1S/C29H28N4O3/c1-20-8-13-25(21(2)18-20)27-26(19-33(31-27)24-6-4-3-5-7-24)28(34)30-23-11-9-22(10-12-23)29(35)32-14-16-36-17-15-32/h3-13,18-19H,14-17H2,1-2H3,(H,30,34). The van der Waals surface area contributed by atoms with Crippen LogP contribution in [0, 0.1) is 13.8 Å². The van der Waals surface area contributed by atoms with Crippen molar-refractivity contribution in [2.24, 2.45) is 0 Å². The molecule has 5 rings (SSSR count). The van der Waals surface area contributed by atoms with Crippen molar-refractivity contribution in [1.29, 1.82) is 0 Å². The predicted octanol–water partition coefficient (Wildman–Crippen LogP) is 4.88. The molecule has 7 heteroatoms. The van der Waals surface area contributed by atoms with Crippen LogP contribution < -0.4 is 5.32 Å². The number of aryl methyl sites for hydroxylation is 2. The molecule has 0 spiro atoms. The Bertz CT molecular complexity index is 1390. The number of nitrogens with one attached hydrogen (secondary N) is 1. The van der Waals surface area contributed by atoms with E-state index in [1.165, 1.54) is 0 Å². The zero-order valence-corrected chi connectivity index (χ0v) is 20.4. The van der Waals surface area contributed by atoms with Crippen molar-refractivity contribution in [2.75, 3.05) is 31.6 Å². The van der Waals surface area contributed by atoms with Gasteiger partial charge in [0.05, 0.1) is 24.5 Å². The highest BCUT2D eigenvalue weighted by Gasteiger charge is 2.21. The Morgan fingerprint density at radius 2 is 1.64 bits per heavy atom. The maximum absolute atomic E-state index is 13.4. The Labute approximate surface area is 210 Å². The molecule has 0 bridgehead atoms. The molecular weight excluding hydrogens is 452 g/mol. The monoisotopic (exact) mass is 480 g/mol. The lowest BCUT2D eigenvalue weighted by Gasteiger charge is -2.26. The first-order valence-corrected chi connectivity index (χ1v) is 12.0. The molecule has 2 amide bonds. The van der Waals surface area contributed by atoms with Gasteiger partial charge in [-0.1, -0.05) is 42.0 Å². The summed E-state index contributed by atoms with van der Waals surface area (Å²) in [7, 11) is 0. The molecule has 36 heavy (non-hydrogen) atoms. The van der Waals surface area contributed by atoms with Gasteiger partial charge in [0.2, 0.25) is 0 Å². The maximum Gasteiger partial charge on any atom is 0.259 e. The quantitative estimate of drug-likeness (QED) is 0.442. The molecule has 7 nitrogen and oxygen atoms in total. The largest absolute Gasteiger partial charge is 0.378 e. The summed E-state index contributed by atoms with van der Waals surface area (Å²) >= 11 is 0. The number of hydrogen-bond donors (Lipinski definition) is 1. The Morgan fingerprint density at radius 3 is 2.33 bits per heavy atom. The number of amides is 2. The number of hydrogen-bond acceptors (Lipinski definition) is 4. The van der Waals surface area contributed by atoms with E-state index in [-0.39, 0.29) is 11.8 Å².